The lowest BCUT2D eigenvalue weighted by atomic mass is 9.91. The van der Waals surface area contributed by atoms with Crippen molar-refractivity contribution in [3.05, 3.63) is 35.1 Å². The van der Waals surface area contributed by atoms with Gasteiger partial charge < -0.3 is 0 Å². The van der Waals surface area contributed by atoms with Crippen molar-refractivity contribution in [1.82, 2.24) is 5.43 Å². The molecule has 0 heterocycles. The molecule has 5 heteroatoms. The average molecular weight is 260 g/mol. The van der Waals surface area contributed by atoms with Crippen LogP contribution in [0.3, 0.4) is 0 Å². The van der Waals surface area contributed by atoms with Crippen molar-refractivity contribution in [3.8, 4) is 0 Å². The molecule has 0 saturated heterocycles. The Morgan fingerprint density at radius 3 is 2.22 bits per heavy atom. The summed E-state index contributed by atoms with van der Waals surface area (Å²) in [5.41, 5.74) is 2.55. The zero-order valence-corrected chi connectivity index (χ0v) is 10.6. The van der Waals surface area contributed by atoms with Crippen molar-refractivity contribution in [1.29, 1.82) is 0 Å². The van der Waals surface area contributed by atoms with Gasteiger partial charge in [-0.05, 0) is 18.4 Å². The maximum absolute atomic E-state index is 13.6. The van der Waals surface area contributed by atoms with Crippen molar-refractivity contribution < 1.29 is 13.2 Å². The summed E-state index contributed by atoms with van der Waals surface area (Å²) in [6, 6.07) is 1.65. The summed E-state index contributed by atoms with van der Waals surface area (Å²) >= 11 is 0. The van der Waals surface area contributed by atoms with Crippen molar-refractivity contribution in [2.75, 3.05) is 0 Å². The third kappa shape index (κ3) is 3.23. The SMILES string of the molecule is CCC(CC)CC(NN)c1ccc(F)c(F)c1F. The third-order valence-corrected chi connectivity index (χ3v) is 3.37. The van der Waals surface area contributed by atoms with Crippen molar-refractivity contribution in [3.63, 3.8) is 0 Å². The molecule has 1 rings (SSSR count). The molecule has 0 aliphatic rings. The number of rotatable bonds is 6. The molecule has 0 saturated carbocycles. The Morgan fingerprint density at radius 2 is 1.72 bits per heavy atom. The van der Waals surface area contributed by atoms with E-state index in [1.807, 2.05) is 13.8 Å². The van der Waals surface area contributed by atoms with Crippen molar-refractivity contribution in [2.24, 2.45) is 11.8 Å². The molecule has 0 spiro atoms. The summed E-state index contributed by atoms with van der Waals surface area (Å²) < 4.78 is 39.7. The topological polar surface area (TPSA) is 38.0 Å². The van der Waals surface area contributed by atoms with Gasteiger partial charge in [0.15, 0.2) is 17.5 Å². The number of nitrogens with two attached hydrogens (primary N) is 1. The molecule has 3 N–H and O–H groups in total. The van der Waals surface area contributed by atoms with Crippen LogP contribution < -0.4 is 11.3 Å². The maximum atomic E-state index is 13.6. The van der Waals surface area contributed by atoms with E-state index in [-0.39, 0.29) is 5.56 Å². The minimum Gasteiger partial charge on any atom is -0.271 e. The highest BCUT2D eigenvalue weighted by atomic mass is 19.2. The van der Waals surface area contributed by atoms with Crippen molar-refractivity contribution >= 4 is 0 Å². The molecule has 1 atom stereocenters. The number of hydrogen-bond donors (Lipinski definition) is 2. The van der Waals surface area contributed by atoms with E-state index in [9.17, 15) is 13.2 Å². The molecular weight excluding hydrogens is 241 g/mol. The summed E-state index contributed by atoms with van der Waals surface area (Å²) in [6.07, 6.45) is 2.45. The number of halogens is 3. The van der Waals surface area contributed by atoms with E-state index >= 15 is 0 Å². The summed E-state index contributed by atoms with van der Waals surface area (Å²) in [5.74, 6) is 1.95. The fourth-order valence-corrected chi connectivity index (χ4v) is 2.05. The van der Waals surface area contributed by atoms with Gasteiger partial charge in [0.1, 0.15) is 0 Å². The van der Waals surface area contributed by atoms with Gasteiger partial charge in [-0.1, -0.05) is 32.8 Å². The van der Waals surface area contributed by atoms with Gasteiger partial charge in [0.2, 0.25) is 0 Å². The van der Waals surface area contributed by atoms with Gasteiger partial charge in [-0.2, -0.15) is 0 Å². The van der Waals surface area contributed by atoms with E-state index in [0.717, 1.165) is 18.9 Å². The minimum atomic E-state index is -1.45. The predicted octanol–water partition coefficient (Wildman–Crippen LogP) is 3.43. The fraction of sp³-hybridized carbons (Fsp3) is 0.538. The number of benzene rings is 1. The van der Waals surface area contributed by atoms with Gasteiger partial charge in [-0.3, -0.25) is 11.3 Å². The molecule has 0 aromatic heterocycles. The highest BCUT2D eigenvalue weighted by molar-refractivity contribution is 5.23. The summed E-state index contributed by atoms with van der Waals surface area (Å²) in [4.78, 5) is 0. The first kappa shape index (κ1) is 15.0. The largest absolute Gasteiger partial charge is 0.271 e. The molecule has 0 radical (unpaired) electrons. The molecule has 1 aromatic rings. The first-order valence-corrected chi connectivity index (χ1v) is 6.14. The fourth-order valence-electron chi connectivity index (χ4n) is 2.05. The quantitative estimate of drug-likeness (QED) is 0.467. The third-order valence-electron chi connectivity index (χ3n) is 3.37. The van der Waals surface area contributed by atoms with E-state index in [4.69, 9.17) is 5.84 Å². The van der Waals surface area contributed by atoms with Crippen LogP contribution >= 0.6 is 0 Å². The van der Waals surface area contributed by atoms with Crippen molar-refractivity contribution in [2.45, 2.75) is 39.2 Å². The van der Waals surface area contributed by atoms with Crippen LogP contribution in [0, 0.1) is 23.4 Å². The van der Waals surface area contributed by atoms with Crippen LogP contribution in [0.2, 0.25) is 0 Å². The summed E-state index contributed by atoms with van der Waals surface area (Å²) in [5, 5.41) is 0. The molecule has 0 aliphatic carbocycles. The zero-order chi connectivity index (χ0) is 13.7. The maximum Gasteiger partial charge on any atom is 0.194 e. The lowest BCUT2D eigenvalue weighted by Gasteiger charge is -2.22. The number of hydrogen-bond acceptors (Lipinski definition) is 2. The first-order valence-electron chi connectivity index (χ1n) is 6.14. The Morgan fingerprint density at radius 1 is 1.11 bits per heavy atom. The highest BCUT2D eigenvalue weighted by Crippen LogP contribution is 2.28. The molecule has 0 aliphatic heterocycles. The molecular formula is C13H19F3N2. The van der Waals surface area contributed by atoms with Crippen LogP contribution in [0.15, 0.2) is 12.1 Å². The Labute approximate surface area is 105 Å². The molecule has 102 valence electrons. The molecule has 0 fully saturated rings. The molecule has 0 bridgehead atoms. The van der Waals surface area contributed by atoms with Crippen LogP contribution in [-0.4, -0.2) is 0 Å². The smallest absolute Gasteiger partial charge is 0.194 e. The van der Waals surface area contributed by atoms with E-state index in [1.54, 1.807) is 0 Å². The molecule has 18 heavy (non-hydrogen) atoms. The minimum absolute atomic E-state index is 0.0725. The van der Waals surface area contributed by atoms with Gasteiger partial charge in [-0.25, -0.2) is 13.2 Å². The van der Waals surface area contributed by atoms with Gasteiger partial charge in [0, 0.05) is 11.6 Å². The second kappa shape index (κ2) is 6.75. The van der Waals surface area contributed by atoms with E-state index in [1.165, 1.54) is 6.07 Å². The van der Waals surface area contributed by atoms with Crippen LogP contribution in [0.25, 0.3) is 0 Å². The highest BCUT2D eigenvalue weighted by Gasteiger charge is 2.22. The van der Waals surface area contributed by atoms with E-state index in [2.05, 4.69) is 5.43 Å². The molecule has 2 nitrogen and oxygen atoms in total. The molecule has 0 amide bonds. The van der Waals surface area contributed by atoms with Gasteiger partial charge in [0.05, 0.1) is 0 Å². The van der Waals surface area contributed by atoms with Crippen LogP contribution in [0.5, 0.6) is 0 Å². The summed E-state index contributed by atoms with van der Waals surface area (Å²) in [7, 11) is 0. The first-order chi connectivity index (χ1) is 8.54. The van der Waals surface area contributed by atoms with E-state index in [0.29, 0.717) is 12.3 Å². The van der Waals surface area contributed by atoms with Crippen LogP contribution in [-0.2, 0) is 0 Å². The lowest BCUT2D eigenvalue weighted by molar-refractivity contribution is 0.358. The second-order valence-corrected chi connectivity index (χ2v) is 4.40. The summed E-state index contributed by atoms with van der Waals surface area (Å²) in [6.45, 7) is 4.06. The van der Waals surface area contributed by atoms with Crippen LogP contribution in [0.1, 0.15) is 44.7 Å². The standard InChI is InChI=1S/C13H19F3N2/c1-3-8(4-2)7-11(18-17)9-5-6-10(14)13(16)12(9)15/h5-6,8,11,18H,3-4,7,17H2,1-2H3. The number of nitrogens with one attached hydrogen (secondary N) is 1. The Bertz CT molecular complexity index is 392. The second-order valence-electron chi connectivity index (χ2n) is 4.40. The Kier molecular flexibility index (Phi) is 5.62. The van der Waals surface area contributed by atoms with Gasteiger partial charge >= 0.3 is 0 Å². The molecule has 1 unspecified atom stereocenters. The number of hydrazine groups is 1. The Hall–Kier alpha value is -1.07. The Balaban J connectivity index is 2.98. The van der Waals surface area contributed by atoms with Crippen LogP contribution in [0.4, 0.5) is 13.2 Å². The predicted molar refractivity (Wildman–Crippen MR) is 65.1 cm³/mol. The zero-order valence-electron chi connectivity index (χ0n) is 10.6. The van der Waals surface area contributed by atoms with Gasteiger partial charge in [0.25, 0.3) is 0 Å². The van der Waals surface area contributed by atoms with Gasteiger partial charge in [-0.15, -0.1) is 0 Å². The molecule has 1 aromatic carbocycles. The normalized spacial score (nSPS) is 13.1. The lowest BCUT2D eigenvalue weighted by Crippen LogP contribution is -2.30. The monoisotopic (exact) mass is 260 g/mol. The van der Waals surface area contributed by atoms with E-state index < -0.39 is 23.5 Å². The average Bonchev–Trinajstić information content (AvgIpc) is 2.39.